The lowest BCUT2D eigenvalue weighted by Crippen LogP contribution is -2.23. The molecule has 2 rings (SSSR count). The Morgan fingerprint density at radius 3 is 2.14 bits per heavy atom. The molecule has 0 saturated carbocycles. The zero-order chi connectivity index (χ0) is 14.8. The van der Waals surface area contributed by atoms with Crippen molar-refractivity contribution in [2.24, 2.45) is 0 Å². The van der Waals surface area contributed by atoms with Crippen LogP contribution in [0.4, 0.5) is 0 Å². The van der Waals surface area contributed by atoms with Gasteiger partial charge in [-0.25, -0.2) is 0 Å². The summed E-state index contributed by atoms with van der Waals surface area (Å²) < 4.78 is 12.3. The lowest BCUT2D eigenvalue weighted by Gasteiger charge is -2.08. The quantitative estimate of drug-likeness (QED) is 0.652. The van der Waals surface area contributed by atoms with E-state index in [9.17, 15) is 0 Å². The molecular weight excluding hydrogens is 366 g/mol. The second-order valence-corrected chi connectivity index (χ2v) is 5.48. The van der Waals surface area contributed by atoms with E-state index in [0.717, 1.165) is 35.5 Å². The number of hydrogen-bond donors (Lipinski definition) is 1. The van der Waals surface area contributed by atoms with Crippen molar-refractivity contribution in [2.45, 2.75) is 6.42 Å². The molecule has 1 N–H and O–H groups in total. The minimum atomic E-state index is 0. The van der Waals surface area contributed by atoms with Gasteiger partial charge in [-0.1, -0.05) is 34.1 Å². The van der Waals surface area contributed by atoms with Crippen molar-refractivity contribution < 1.29 is 9.47 Å². The van der Waals surface area contributed by atoms with Gasteiger partial charge in [-0.05, 0) is 49.4 Å². The molecule has 0 saturated heterocycles. The van der Waals surface area contributed by atoms with E-state index in [0.29, 0.717) is 13.2 Å². The van der Waals surface area contributed by atoms with E-state index in [1.807, 2.05) is 54.6 Å². The fraction of sp³-hybridized carbons (Fsp3) is 0.294. The molecule has 0 bridgehead atoms. The fourth-order valence-electron chi connectivity index (χ4n) is 1.80. The van der Waals surface area contributed by atoms with Gasteiger partial charge in [0, 0.05) is 11.0 Å². The van der Waals surface area contributed by atoms with Crippen molar-refractivity contribution >= 4 is 28.3 Å². The molecule has 0 fully saturated rings. The van der Waals surface area contributed by atoms with Gasteiger partial charge in [0.05, 0.1) is 6.61 Å². The molecule has 0 radical (unpaired) electrons. The Morgan fingerprint density at radius 2 is 1.41 bits per heavy atom. The number of benzene rings is 2. The number of hydrogen-bond acceptors (Lipinski definition) is 3. The summed E-state index contributed by atoms with van der Waals surface area (Å²) >= 11 is 3.40. The van der Waals surface area contributed by atoms with E-state index < -0.39 is 0 Å². The molecule has 0 amide bonds. The van der Waals surface area contributed by atoms with E-state index in [-0.39, 0.29) is 12.4 Å². The van der Waals surface area contributed by atoms with Gasteiger partial charge in [-0.2, -0.15) is 0 Å². The third-order valence-electron chi connectivity index (χ3n) is 2.87. The van der Waals surface area contributed by atoms with Gasteiger partial charge in [-0.3, -0.25) is 0 Å². The van der Waals surface area contributed by atoms with Crippen LogP contribution in [0.2, 0.25) is 0 Å². The van der Waals surface area contributed by atoms with Crippen LogP contribution in [0, 0.1) is 0 Å². The summed E-state index contributed by atoms with van der Waals surface area (Å²) in [6.45, 7) is 3.16. The van der Waals surface area contributed by atoms with Crippen molar-refractivity contribution in [1.82, 2.24) is 5.32 Å². The Labute approximate surface area is 146 Å². The van der Waals surface area contributed by atoms with Gasteiger partial charge in [0.1, 0.15) is 18.1 Å². The first kappa shape index (κ1) is 18.8. The zero-order valence-corrected chi connectivity index (χ0v) is 14.7. The number of para-hydroxylation sites is 1. The zero-order valence-electron chi connectivity index (χ0n) is 12.3. The van der Waals surface area contributed by atoms with Crippen LogP contribution in [-0.2, 0) is 0 Å². The van der Waals surface area contributed by atoms with Gasteiger partial charge in [0.15, 0.2) is 0 Å². The SMILES string of the molecule is Brc1ccc(OCCCNCCOc2ccccc2)cc1.Cl. The first-order valence-electron chi connectivity index (χ1n) is 7.11. The monoisotopic (exact) mass is 385 g/mol. The van der Waals surface area contributed by atoms with Crippen LogP contribution in [0.5, 0.6) is 11.5 Å². The van der Waals surface area contributed by atoms with Crippen LogP contribution in [0.25, 0.3) is 0 Å². The maximum Gasteiger partial charge on any atom is 0.119 e. The Kier molecular flexibility index (Phi) is 9.71. The number of nitrogens with one attached hydrogen (secondary N) is 1. The maximum atomic E-state index is 5.64. The van der Waals surface area contributed by atoms with Crippen molar-refractivity contribution in [3.8, 4) is 11.5 Å². The number of rotatable bonds is 9. The predicted molar refractivity (Wildman–Crippen MR) is 96.3 cm³/mol. The lowest BCUT2D eigenvalue weighted by molar-refractivity contribution is 0.294. The van der Waals surface area contributed by atoms with Crippen LogP contribution >= 0.6 is 28.3 Å². The molecule has 0 aliphatic rings. The summed E-state index contributed by atoms with van der Waals surface area (Å²) in [6, 6.07) is 17.7. The van der Waals surface area contributed by atoms with Crippen molar-refractivity contribution in [1.29, 1.82) is 0 Å². The Hall–Kier alpha value is -1.23. The van der Waals surface area contributed by atoms with Crippen LogP contribution in [-0.4, -0.2) is 26.3 Å². The number of ether oxygens (including phenoxy) is 2. The molecule has 22 heavy (non-hydrogen) atoms. The Morgan fingerprint density at radius 1 is 0.773 bits per heavy atom. The van der Waals surface area contributed by atoms with Gasteiger partial charge < -0.3 is 14.8 Å². The first-order valence-corrected chi connectivity index (χ1v) is 7.91. The van der Waals surface area contributed by atoms with Crippen LogP contribution in [0.3, 0.4) is 0 Å². The first-order chi connectivity index (χ1) is 10.3. The van der Waals surface area contributed by atoms with Crippen molar-refractivity contribution in [2.75, 3.05) is 26.3 Å². The Bertz CT molecular complexity index is 508. The van der Waals surface area contributed by atoms with Crippen LogP contribution < -0.4 is 14.8 Å². The average molecular weight is 387 g/mol. The predicted octanol–water partition coefficient (Wildman–Crippen LogP) is 4.31. The molecule has 0 aliphatic heterocycles. The smallest absolute Gasteiger partial charge is 0.119 e. The summed E-state index contributed by atoms with van der Waals surface area (Å²) in [5, 5.41) is 3.34. The van der Waals surface area contributed by atoms with E-state index in [4.69, 9.17) is 9.47 Å². The van der Waals surface area contributed by atoms with Gasteiger partial charge >= 0.3 is 0 Å². The molecule has 3 nitrogen and oxygen atoms in total. The normalized spacial score (nSPS) is 9.86. The van der Waals surface area contributed by atoms with Crippen molar-refractivity contribution in [3.05, 3.63) is 59.1 Å². The highest BCUT2D eigenvalue weighted by molar-refractivity contribution is 9.10. The molecule has 0 heterocycles. The van der Waals surface area contributed by atoms with Gasteiger partial charge in [0.2, 0.25) is 0 Å². The average Bonchev–Trinajstić information content (AvgIpc) is 2.53. The minimum absolute atomic E-state index is 0. The third kappa shape index (κ3) is 7.69. The summed E-state index contributed by atoms with van der Waals surface area (Å²) in [5.41, 5.74) is 0. The summed E-state index contributed by atoms with van der Waals surface area (Å²) in [4.78, 5) is 0. The molecule has 2 aromatic rings. The Balaban J connectivity index is 0.00000242. The molecule has 2 aromatic carbocycles. The minimum Gasteiger partial charge on any atom is -0.494 e. The summed E-state index contributed by atoms with van der Waals surface area (Å²) in [7, 11) is 0. The standard InChI is InChI=1S/C17H20BrNO2.ClH/c18-15-7-9-17(10-8-15)20-13-4-11-19-12-14-21-16-5-2-1-3-6-16;/h1-3,5-10,19H,4,11-14H2;1H. The van der Waals surface area contributed by atoms with E-state index in [1.54, 1.807) is 0 Å². The molecule has 0 spiro atoms. The highest BCUT2D eigenvalue weighted by Gasteiger charge is 1.95. The molecule has 0 aromatic heterocycles. The highest BCUT2D eigenvalue weighted by Crippen LogP contribution is 2.16. The summed E-state index contributed by atoms with van der Waals surface area (Å²) in [5.74, 6) is 1.82. The van der Waals surface area contributed by atoms with Gasteiger partial charge in [-0.15, -0.1) is 12.4 Å². The van der Waals surface area contributed by atoms with Crippen LogP contribution in [0.15, 0.2) is 59.1 Å². The molecular formula is C17H21BrClNO2. The van der Waals surface area contributed by atoms with E-state index in [2.05, 4.69) is 21.2 Å². The third-order valence-corrected chi connectivity index (χ3v) is 3.40. The van der Waals surface area contributed by atoms with Crippen molar-refractivity contribution in [3.63, 3.8) is 0 Å². The lowest BCUT2D eigenvalue weighted by atomic mass is 10.3. The summed E-state index contributed by atoms with van der Waals surface area (Å²) in [6.07, 6.45) is 0.974. The maximum absolute atomic E-state index is 5.64. The number of halogens is 2. The molecule has 120 valence electrons. The molecule has 0 unspecified atom stereocenters. The highest BCUT2D eigenvalue weighted by atomic mass is 79.9. The molecule has 0 atom stereocenters. The topological polar surface area (TPSA) is 30.5 Å². The molecule has 0 aliphatic carbocycles. The second-order valence-electron chi connectivity index (χ2n) is 4.57. The van der Waals surface area contributed by atoms with Crippen LogP contribution in [0.1, 0.15) is 6.42 Å². The van der Waals surface area contributed by atoms with E-state index >= 15 is 0 Å². The second kappa shape index (κ2) is 11.4. The van der Waals surface area contributed by atoms with E-state index in [1.165, 1.54) is 0 Å². The largest absolute Gasteiger partial charge is 0.494 e. The fourth-order valence-corrected chi connectivity index (χ4v) is 2.07. The van der Waals surface area contributed by atoms with Gasteiger partial charge in [0.25, 0.3) is 0 Å². The molecule has 5 heteroatoms.